The van der Waals surface area contributed by atoms with Crippen LogP contribution in [0.1, 0.15) is 30.0 Å². The highest BCUT2D eigenvalue weighted by Crippen LogP contribution is 2.24. The Balaban J connectivity index is 2.26. The molecule has 1 aromatic rings. The normalized spacial score (nSPS) is 22.9. The molecule has 1 aromatic heterocycles. The van der Waals surface area contributed by atoms with E-state index >= 15 is 0 Å². The largest absolute Gasteiger partial charge is 0.310 e. The van der Waals surface area contributed by atoms with Gasteiger partial charge in [-0.3, -0.25) is 4.98 Å². The lowest BCUT2D eigenvalue weighted by molar-refractivity contribution is 0.641. The first-order valence-electron chi connectivity index (χ1n) is 4.52. The number of nitrogens with zero attached hydrogens (tertiary/aromatic N) is 1. The summed E-state index contributed by atoms with van der Waals surface area (Å²) in [5.74, 6) is 0. The van der Waals surface area contributed by atoms with Crippen molar-refractivity contribution >= 4 is 0 Å². The zero-order chi connectivity index (χ0) is 8.39. The van der Waals surface area contributed by atoms with E-state index in [1.54, 1.807) is 0 Å². The molecule has 64 valence electrons. The molecule has 2 heteroatoms. The van der Waals surface area contributed by atoms with E-state index in [2.05, 4.69) is 23.3 Å². The lowest BCUT2D eigenvalue weighted by atomic mass is 10.0. The fourth-order valence-electron chi connectivity index (χ4n) is 1.79. The van der Waals surface area contributed by atoms with Crippen LogP contribution in [0.4, 0.5) is 0 Å². The Morgan fingerprint density at radius 1 is 1.58 bits per heavy atom. The second kappa shape index (κ2) is 3.23. The van der Waals surface area contributed by atoms with Crippen molar-refractivity contribution in [1.82, 2.24) is 10.3 Å². The Bertz CT molecular complexity index is 264. The third-order valence-corrected chi connectivity index (χ3v) is 2.52. The summed E-state index contributed by atoms with van der Waals surface area (Å²) >= 11 is 0. The number of pyridine rings is 1. The van der Waals surface area contributed by atoms with Crippen LogP contribution < -0.4 is 5.32 Å². The van der Waals surface area contributed by atoms with E-state index in [0.29, 0.717) is 6.04 Å². The van der Waals surface area contributed by atoms with Gasteiger partial charge in [-0.1, -0.05) is 0 Å². The van der Waals surface area contributed by atoms with E-state index in [1.807, 2.05) is 12.4 Å². The van der Waals surface area contributed by atoms with Crippen LogP contribution in [-0.4, -0.2) is 11.5 Å². The summed E-state index contributed by atoms with van der Waals surface area (Å²) in [7, 11) is 0. The topological polar surface area (TPSA) is 24.9 Å². The summed E-state index contributed by atoms with van der Waals surface area (Å²) in [4.78, 5) is 4.15. The van der Waals surface area contributed by atoms with Gasteiger partial charge >= 0.3 is 0 Å². The third-order valence-electron chi connectivity index (χ3n) is 2.52. The van der Waals surface area contributed by atoms with E-state index in [4.69, 9.17) is 0 Å². The first-order chi connectivity index (χ1) is 5.88. The molecule has 0 amide bonds. The molecule has 1 aliphatic heterocycles. The minimum Gasteiger partial charge on any atom is -0.310 e. The lowest BCUT2D eigenvalue weighted by Crippen LogP contribution is -2.14. The van der Waals surface area contributed by atoms with Gasteiger partial charge in [-0.25, -0.2) is 0 Å². The Morgan fingerprint density at radius 2 is 2.50 bits per heavy atom. The van der Waals surface area contributed by atoms with Crippen LogP contribution >= 0.6 is 0 Å². The van der Waals surface area contributed by atoms with Crippen molar-refractivity contribution in [3.63, 3.8) is 0 Å². The van der Waals surface area contributed by atoms with Crippen molar-refractivity contribution in [2.24, 2.45) is 0 Å². The maximum atomic E-state index is 4.15. The van der Waals surface area contributed by atoms with Crippen LogP contribution in [0.15, 0.2) is 18.5 Å². The molecule has 0 saturated carbocycles. The van der Waals surface area contributed by atoms with E-state index < -0.39 is 0 Å². The quantitative estimate of drug-likeness (QED) is 0.681. The van der Waals surface area contributed by atoms with Gasteiger partial charge in [-0.2, -0.15) is 0 Å². The molecule has 1 atom stereocenters. The highest BCUT2D eigenvalue weighted by molar-refractivity contribution is 5.25. The van der Waals surface area contributed by atoms with Crippen molar-refractivity contribution in [1.29, 1.82) is 0 Å². The number of hydrogen-bond donors (Lipinski definition) is 1. The maximum absolute atomic E-state index is 4.15. The van der Waals surface area contributed by atoms with Crippen LogP contribution in [0.25, 0.3) is 0 Å². The van der Waals surface area contributed by atoms with Crippen LogP contribution in [0.5, 0.6) is 0 Å². The molecule has 2 nitrogen and oxygen atoms in total. The van der Waals surface area contributed by atoms with Gasteiger partial charge in [0.15, 0.2) is 0 Å². The second-order valence-electron chi connectivity index (χ2n) is 3.38. The minimum absolute atomic E-state index is 0.554. The van der Waals surface area contributed by atoms with E-state index in [-0.39, 0.29) is 0 Å². The highest BCUT2D eigenvalue weighted by atomic mass is 14.9. The lowest BCUT2D eigenvalue weighted by Gasteiger charge is -2.12. The van der Waals surface area contributed by atoms with Crippen LogP contribution in [0.3, 0.4) is 0 Å². The summed E-state index contributed by atoms with van der Waals surface area (Å²) in [6.45, 7) is 3.30. The fraction of sp³-hybridized carbons (Fsp3) is 0.500. The van der Waals surface area contributed by atoms with Crippen molar-refractivity contribution in [3.05, 3.63) is 29.6 Å². The van der Waals surface area contributed by atoms with Gasteiger partial charge in [0, 0.05) is 18.4 Å². The summed E-state index contributed by atoms with van der Waals surface area (Å²) < 4.78 is 0. The minimum atomic E-state index is 0.554. The average molecular weight is 162 g/mol. The molecule has 0 aliphatic carbocycles. The number of aryl methyl sites for hydroxylation is 1. The SMILES string of the molecule is Cc1ccncc1C1CCCN1. The van der Waals surface area contributed by atoms with Crippen LogP contribution in [0.2, 0.25) is 0 Å². The van der Waals surface area contributed by atoms with Crippen LogP contribution in [0, 0.1) is 6.92 Å². The fourth-order valence-corrected chi connectivity index (χ4v) is 1.79. The number of rotatable bonds is 1. The Hall–Kier alpha value is -0.890. The maximum Gasteiger partial charge on any atom is 0.0338 e. The van der Waals surface area contributed by atoms with E-state index in [9.17, 15) is 0 Å². The van der Waals surface area contributed by atoms with E-state index in [0.717, 1.165) is 6.54 Å². The summed E-state index contributed by atoms with van der Waals surface area (Å²) in [5, 5.41) is 3.47. The van der Waals surface area contributed by atoms with Crippen molar-refractivity contribution in [2.75, 3.05) is 6.54 Å². The molecule has 2 heterocycles. The van der Waals surface area contributed by atoms with Gasteiger partial charge in [0.1, 0.15) is 0 Å². The summed E-state index contributed by atoms with van der Waals surface area (Å²) in [6.07, 6.45) is 6.39. The smallest absolute Gasteiger partial charge is 0.0338 e. The number of hydrogen-bond acceptors (Lipinski definition) is 2. The molecule has 0 aromatic carbocycles. The predicted molar refractivity (Wildman–Crippen MR) is 49.0 cm³/mol. The third kappa shape index (κ3) is 1.34. The molecule has 0 spiro atoms. The molecule has 1 unspecified atom stereocenters. The molecule has 1 aliphatic rings. The highest BCUT2D eigenvalue weighted by Gasteiger charge is 2.17. The van der Waals surface area contributed by atoms with E-state index in [1.165, 1.54) is 24.0 Å². The molecule has 12 heavy (non-hydrogen) atoms. The first-order valence-corrected chi connectivity index (χ1v) is 4.52. The van der Waals surface area contributed by atoms with Gasteiger partial charge in [0.05, 0.1) is 0 Å². The van der Waals surface area contributed by atoms with Crippen molar-refractivity contribution in [2.45, 2.75) is 25.8 Å². The summed E-state index contributed by atoms with van der Waals surface area (Å²) in [6, 6.07) is 2.63. The summed E-state index contributed by atoms with van der Waals surface area (Å²) in [5.41, 5.74) is 2.72. The standard InChI is InChI=1S/C10H14N2/c1-8-4-6-11-7-9(8)10-3-2-5-12-10/h4,6-7,10,12H,2-3,5H2,1H3. The zero-order valence-electron chi connectivity index (χ0n) is 7.38. The molecule has 1 N–H and O–H groups in total. The molecular weight excluding hydrogens is 148 g/mol. The predicted octanol–water partition coefficient (Wildman–Crippen LogP) is 1.81. The Morgan fingerprint density at radius 3 is 3.17 bits per heavy atom. The molecule has 0 bridgehead atoms. The molecule has 2 rings (SSSR count). The molecular formula is C10H14N2. The van der Waals surface area contributed by atoms with Gasteiger partial charge in [0.25, 0.3) is 0 Å². The number of nitrogens with one attached hydrogen (secondary N) is 1. The van der Waals surface area contributed by atoms with Crippen molar-refractivity contribution < 1.29 is 0 Å². The second-order valence-corrected chi connectivity index (χ2v) is 3.38. The first kappa shape index (κ1) is 7.74. The molecule has 0 radical (unpaired) electrons. The van der Waals surface area contributed by atoms with Gasteiger partial charge in [-0.05, 0) is 43.5 Å². The monoisotopic (exact) mass is 162 g/mol. The zero-order valence-corrected chi connectivity index (χ0v) is 7.38. The van der Waals surface area contributed by atoms with Crippen molar-refractivity contribution in [3.8, 4) is 0 Å². The number of aromatic nitrogens is 1. The van der Waals surface area contributed by atoms with Gasteiger partial charge in [0.2, 0.25) is 0 Å². The Labute approximate surface area is 73.0 Å². The van der Waals surface area contributed by atoms with Gasteiger partial charge < -0.3 is 5.32 Å². The Kier molecular flexibility index (Phi) is 2.09. The molecule has 1 fully saturated rings. The van der Waals surface area contributed by atoms with Gasteiger partial charge in [-0.15, -0.1) is 0 Å². The average Bonchev–Trinajstić information content (AvgIpc) is 2.57. The van der Waals surface area contributed by atoms with Crippen LogP contribution in [-0.2, 0) is 0 Å². The molecule has 1 saturated heterocycles.